The van der Waals surface area contributed by atoms with E-state index in [1.807, 2.05) is 24.3 Å². The van der Waals surface area contributed by atoms with E-state index >= 15 is 0 Å². The van der Waals surface area contributed by atoms with E-state index in [4.69, 9.17) is 4.74 Å². The van der Waals surface area contributed by atoms with Crippen molar-refractivity contribution in [2.75, 3.05) is 13.7 Å². The van der Waals surface area contributed by atoms with Gasteiger partial charge in [-0.2, -0.15) is 5.10 Å². The van der Waals surface area contributed by atoms with E-state index in [-0.39, 0.29) is 18.4 Å². The molecule has 1 amide bonds. The van der Waals surface area contributed by atoms with Gasteiger partial charge in [-0.25, -0.2) is 4.79 Å². The van der Waals surface area contributed by atoms with Gasteiger partial charge in [-0.05, 0) is 25.3 Å². The predicted octanol–water partition coefficient (Wildman–Crippen LogP) is 1.59. The fourth-order valence-corrected chi connectivity index (χ4v) is 2.98. The Balaban J connectivity index is 1.79. The van der Waals surface area contributed by atoms with Gasteiger partial charge in [0.25, 0.3) is 0 Å². The van der Waals surface area contributed by atoms with Crippen LogP contribution >= 0.6 is 0 Å². The summed E-state index contributed by atoms with van der Waals surface area (Å²) in [6, 6.07) is 7.29. The molecule has 116 valence electrons. The van der Waals surface area contributed by atoms with E-state index in [9.17, 15) is 9.59 Å². The van der Waals surface area contributed by atoms with Gasteiger partial charge in [0.1, 0.15) is 12.6 Å². The van der Waals surface area contributed by atoms with Crippen molar-refractivity contribution in [3.05, 3.63) is 30.5 Å². The van der Waals surface area contributed by atoms with Crippen LogP contribution in [0.2, 0.25) is 0 Å². The molecule has 0 radical (unpaired) electrons. The molecular formula is C16H19N3O3. The molecule has 0 aliphatic carbocycles. The van der Waals surface area contributed by atoms with Gasteiger partial charge in [0, 0.05) is 11.9 Å². The summed E-state index contributed by atoms with van der Waals surface area (Å²) < 4.78 is 6.50. The minimum Gasteiger partial charge on any atom is -0.467 e. The van der Waals surface area contributed by atoms with Crippen LogP contribution in [-0.2, 0) is 20.9 Å². The Labute approximate surface area is 128 Å². The average molecular weight is 301 g/mol. The zero-order chi connectivity index (χ0) is 15.5. The summed E-state index contributed by atoms with van der Waals surface area (Å²) in [5, 5.41) is 5.27. The lowest BCUT2D eigenvalue weighted by Gasteiger charge is -2.33. The number of piperidine rings is 1. The van der Waals surface area contributed by atoms with E-state index < -0.39 is 6.04 Å². The number of carbonyl (C=O) groups excluding carboxylic acids is 2. The third-order valence-electron chi connectivity index (χ3n) is 4.13. The van der Waals surface area contributed by atoms with Gasteiger partial charge in [-0.1, -0.05) is 18.2 Å². The van der Waals surface area contributed by atoms with Gasteiger partial charge in [0.05, 0.1) is 18.8 Å². The quantitative estimate of drug-likeness (QED) is 0.808. The average Bonchev–Trinajstić information content (AvgIpc) is 2.97. The third kappa shape index (κ3) is 2.68. The number of aromatic nitrogens is 2. The summed E-state index contributed by atoms with van der Waals surface area (Å²) in [6.07, 6.45) is 4.27. The van der Waals surface area contributed by atoms with Crippen molar-refractivity contribution in [1.82, 2.24) is 14.7 Å². The highest BCUT2D eigenvalue weighted by atomic mass is 16.5. The monoisotopic (exact) mass is 301 g/mol. The van der Waals surface area contributed by atoms with E-state index in [0.717, 1.165) is 23.7 Å². The summed E-state index contributed by atoms with van der Waals surface area (Å²) in [6.45, 7) is 0.735. The number of fused-ring (bicyclic) bond motifs is 1. The standard InChI is InChI=1S/C16H19N3O3/c1-22-16(21)14-8-4-5-9-18(14)15(20)11-19-13-7-3-2-6-12(13)10-17-19/h2-3,6-7,10,14H,4-5,8-9,11H2,1H3/t14-/m1/s1. The van der Waals surface area contributed by atoms with E-state index in [0.29, 0.717) is 13.0 Å². The van der Waals surface area contributed by atoms with Gasteiger partial charge in [0.2, 0.25) is 5.91 Å². The molecule has 2 aromatic rings. The smallest absolute Gasteiger partial charge is 0.328 e. The molecule has 1 aromatic carbocycles. The van der Waals surface area contributed by atoms with Crippen LogP contribution in [0.3, 0.4) is 0 Å². The second-order valence-corrected chi connectivity index (χ2v) is 5.48. The number of amides is 1. The molecule has 1 saturated heterocycles. The molecule has 22 heavy (non-hydrogen) atoms. The van der Waals surface area contributed by atoms with Crippen LogP contribution in [0.1, 0.15) is 19.3 Å². The Morgan fingerprint density at radius 1 is 1.32 bits per heavy atom. The van der Waals surface area contributed by atoms with Crippen molar-refractivity contribution >= 4 is 22.8 Å². The van der Waals surface area contributed by atoms with Crippen LogP contribution in [-0.4, -0.2) is 46.3 Å². The number of hydrogen-bond donors (Lipinski definition) is 0. The highest BCUT2D eigenvalue weighted by Crippen LogP contribution is 2.19. The summed E-state index contributed by atoms with van der Waals surface area (Å²) in [4.78, 5) is 26.1. The maximum Gasteiger partial charge on any atom is 0.328 e. The highest BCUT2D eigenvalue weighted by molar-refractivity contribution is 5.86. The van der Waals surface area contributed by atoms with Crippen molar-refractivity contribution in [1.29, 1.82) is 0 Å². The maximum absolute atomic E-state index is 12.6. The molecule has 1 atom stereocenters. The first kappa shape index (κ1) is 14.6. The molecule has 0 unspecified atom stereocenters. The Morgan fingerprint density at radius 3 is 2.95 bits per heavy atom. The second-order valence-electron chi connectivity index (χ2n) is 5.48. The number of para-hydroxylation sites is 1. The molecular weight excluding hydrogens is 282 g/mol. The number of nitrogens with zero attached hydrogens (tertiary/aromatic N) is 3. The molecule has 2 heterocycles. The van der Waals surface area contributed by atoms with Crippen LogP contribution in [0.5, 0.6) is 0 Å². The van der Waals surface area contributed by atoms with Gasteiger partial charge < -0.3 is 9.64 Å². The molecule has 3 rings (SSSR count). The van der Waals surface area contributed by atoms with Crippen molar-refractivity contribution in [2.24, 2.45) is 0 Å². The number of rotatable bonds is 3. The van der Waals surface area contributed by atoms with Crippen LogP contribution < -0.4 is 0 Å². The van der Waals surface area contributed by atoms with Crippen LogP contribution in [0.15, 0.2) is 30.5 Å². The fraction of sp³-hybridized carbons (Fsp3) is 0.438. The van der Waals surface area contributed by atoms with Crippen LogP contribution in [0.25, 0.3) is 10.9 Å². The normalized spacial score (nSPS) is 18.4. The summed E-state index contributed by atoms with van der Waals surface area (Å²) >= 11 is 0. The van der Waals surface area contributed by atoms with E-state index in [2.05, 4.69) is 5.10 Å². The maximum atomic E-state index is 12.6. The number of methoxy groups -OCH3 is 1. The minimum absolute atomic E-state index is 0.0936. The lowest BCUT2D eigenvalue weighted by molar-refractivity contribution is -0.155. The number of hydrogen-bond acceptors (Lipinski definition) is 4. The summed E-state index contributed by atoms with van der Waals surface area (Å²) in [5.41, 5.74) is 0.919. The fourth-order valence-electron chi connectivity index (χ4n) is 2.98. The van der Waals surface area contributed by atoms with E-state index in [1.54, 1.807) is 15.8 Å². The minimum atomic E-state index is -0.465. The van der Waals surface area contributed by atoms with Crippen molar-refractivity contribution in [2.45, 2.75) is 31.8 Å². The number of benzene rings is 1. The first-order chi connectivity index (χ1) is 10.7. The number of carbonyl (C=O) groups is 2. The van der Waals surface area contributed by atoms with Crippen LogP contribution in [0.4, 0.5) is 0 Å². The Hall–Kier alpha value is -2.37. The second kappa shape index (κ2) is 6.17. The zero-order valence-electron chi connectivity index (χ0n) is 12.6. The number of likely N-dealkylation sites (tertiary alicyclic amines) is 1. The van der Waals surface area contributed by atoms with Crippen molar-refractivity contribution in [3.63, 3.8) is 0 Å². The molecule has 1 fully saturated rings. The zero-order valence-corrected chi connectivity index (χ0v) is 12.6. The van der Waals surface area contributed by atoms with Crippen LogP contribution in [0, 0.1) is 0 Å². The predicted molar refractivity (Wildman–Crippen MR) is 81.1 cm³/mol. The molecule has 1 aromatic heterocycles. The molecule has 0 N–H and O–H groups in total. The molecule has 0 bridgehead atoms. The molecule has 0 saturated carbocycles. The Kier molecular flexibility index (Phi) is 4.09. The molecule has 6 nitrogen and oxygen atoms in total. The number of ether oxygens (including phenoxy) is 1. The molecule has 1 aliphatic rings. The SMILES string of the molecule is COC(=O)[C@H]1CCCCN1C(=O)Cn1ncc2ccccc21. The highest BCUT2D eigenvalue weighted by Gasteiger charge is 2.32. The van der Waals surface area contributed by atoms with Crippen molar-refractivity contribution in [3.8, 4) is 0 Å². The van der Waals surface area contributed by atoms with Gasteiger partial charge >= 0.3 is 5.97 Å². The summed E-state index contributed by atoms with van der Waals surface area (Å²) in [7, 11) is 1.36. The lowest BCUT2D eigenvalue weighted by Crippen LogP contribution is -2.49. The molecule has 1 aliphatic heterocycles. The van der Waals surface area contributed by atoms with Gasteiger partial charge in [-0.15, -0.1) is 0 Å². The third-order valence-corrected chi connectivity index (χ3v) is 4.13. The Bertz CT molecular complexity index is 695. The lowest BCUT2D eigenvalue weighted by atomic mass is 10.0. The first-order valence-corrected chi connectivity index (χ1v) is 7.48. The van der Waals surface area contributed by atoms with E-state index in [1.165, 1.54) is 7.11 Å². The number of esters is 1. The molecule has 6 heteroatoms. The molecule has 0 spiro atoms. The summed E-state index contributed by atoms with van der Waals surface area (Å²) in [5.74, 6) is -0.428. The van der Waals surface area contributed by atoms with Gasteiger partial charge in [-0.3, -0.25) is 9.48 Å². The largest absolute Gasteiger partial charge is 0.467 e. The first-order valence-electron chi connectivity index (χ1n) is 7.48. The topological polar surface area (TPSA) is 64.4 Å². The van der Waals surface area contributed by atoms with Gasteiger partial charge in [0.15, 0.2) is 0 Å². The Morgan fingerprint density at radius 2 is 2.14 bits per heavy atom. The van der Waals surface area contributed by atoms with Crippen molar-refractivity contribution < 1.29 is 14.3 Å².